The number of hydrogen-bond donors (Lipinski definition) is 2. The van der Waals surface area contributed by atoms with Crippen LogP contribution in [0.1, 0.15) is 22.8 Å². The molecular weight excluding hydrogens is 320 g/mol. The van der Waals surface area contributed by atoms with E-state index in [1.807, 2.05) is 18.2 Å². The Labute approximate surface area is 145 Å². The topological polar surface area (TPSA) is 87.5 Å². The average Bonchev–Trinajstić information content (AvgIpc) is 3.03. The van der Waals surface area contributed by atoms with E-state index in [2.05, 4.69) is 22.5 Å². The minimum absolute atomic E-state index is 0.115. The number of likely N-dealkylation sites (N-methyl/N-ethyl adjacent to an activating group) is 1. The number of amides is 1. The summed E-state index contributed by atoms with van der Waals surface area (Å²) in [6.07, 6.45) is 1.01. The first-order valence-electron chi connectivity index (χ1n) is 8.19. The molecular formula is C18H20N4O3. The highest BCUT2D eigenvalue weighted by molar-refractivity contribution is 6.08. The van der Waals surface area contributed by atoms with Gasteiger partial charge in [-0.2, -0.15) is 0 Å². The Morgan fingerprint density at radius 2 is 2.08 bits per heavy atom. The fourth-order valence-corrected chi connectivity index (χ4v) is 3.10. The summed E-state index contributed by atoms with van der Waals surface area (Å²) in [5.74, 6) is -0.381. The van der Waals surface area contributed by atoms with Crippen LogP contribution in [0.5, 0.6) is 0 Å². The standard InChI is InChI=1S/C18H20N4O3/c1-3-21-9-8-12-4-5-13(10-17(12)21)20-18(23)15-11-14(22(24)25)6-7-16(15)19-2/h4-7,10-11,19H,3,8-9H2,1-2H3,(H,20,23). The Bertz CT molecular complexity index is 835. The van der Waals surface area contributed by atoms with Gasteiger partial charge in [0.25, 0.3) is 11.6 Å². The number of non-ortho nitro benzene ring substituents is 1. The van der Waals surface area contributed by atoms with Crippen LogP contribution in [0.25, 0.3) is 0 Å². The van der Waals surface area contributed by atoms with Gasteiger partial charge < -0.3 is 15.5 Å². The molecule has 0 unspecified atom stereocenters. The third kappa shape index (κ3) is 3.26. The zero-order valence-electron chi connectivity index (χ0n) is 14.2. The number of anilines is 3. The molecule has 7 nitrogen and oxygen atoms in total. The van der Waals surface area contributed by atoms with Crippen LogP contribution >= 0.6 is 0 Å². The molecule has 1 heterocycles. The maximum atomic E-state index is 12.6. The molecule has 1 aliphatic rings. The van der Waals surface area contributed by atoms with E-state index in [0.717, 1.165) is 25.2 Å². The van der Waals surface area contributed by atoms with E-state index in [-0.39, 0.29) is 17.2 Å². The summed E-state index contributed by atoms with van der Waals surface area (Å²) in [7, 11) is 1.67. The van der Waals surface area contributed by atoms with Crippen molar-refractivity contribution in [2.75, 3.05) is 35.7 Å². The second-order valence-electron chi connectivity index (χ2n) is 5.86. The molecule has 0 saturated carbocycles. The van der Waals surface area contributed by atoms with Crippen LogP contribution in [-0.2, 0) is 6.42 Å². The quantitative estimate of drug-likeness (QED) is 0.644. The monoisotopic (exact) mass is 340 g/mol. The number of benzene rings is 2. The molecule has 0 saturated heterocycles. The summed E-state index contributed by atoms with van der Waals surface area (Å²) in [4.78, 5) is 25.4. The van der Waals surface area contributed by atoms with Crippen molar-refractivity contribution in [2.45, 2.75) is 13.3 Å². The smallest absolute Gasteiger partial charge is 0.270 e. The van der Waals surface area contributed by atoms with Crippen molar-refractivity contribution in [2.24, 2.45) is 0 Å². The van der Waals surface area contributed by atoms with E-state index in [0.29, 0.717) is 11.4 Å². The molecule has 0 radical (unpaired) electrons. The molecule has 2 N–H and O–H groups in total. The first kappa shape index (κ1) is 16.8. The Morgan fingerprint density at radius 3 is 2.76 bits per heavy atom. The minimum atomic E-state index is -0.509. The number of nitro benzene ring substituents is 1. The first-order valence-corrected chi connectivity index (χ1v) is 8.19. The van der Waals surface area contributed by atoms with Gasteiger partial charge in [-0.3, -0.25) is 14.9 Å². The van der Waals surface area contributed by atoms with Crippen molar-refractivity contribution >= 4 is 28.7 Å². The summed E-state index contributed by atoms with van der Waals surface area (Å²) >= 11 is 0. The van der Waals surface area contributed by atoms with E-state index in [4.69, 9.17) is 0 Å². The number of hydrogen-bond acceptors (Lipinski definition) is 5. The second-order valence-corrected chi connectivity index (χ2v) is 5.86. The van der Waals surface area contributed by atoms with Gasteiger partial charge in [0.15, 0.2) is 0 Å². The molecule has 0 aromatic heterocycles. The highest BCUT2D eigenvalue weighted by Gasteiger charge is 2.20. The lowest BCUT2D eigenvalue weighted by atomic mass is 10.1. The van der Waals surface area contributed by atoms with Crippen LogP contribution in [-0.4, -0.2) is 31.0 Å². The van der Waals surface area contributed by atoms with E-state index < -0.39 is 4.92 Å². The number of carbonyl (C=O) groups is 1. The van der Waals surface area contributed by atoms with Crippen molar-refractivity contribution < 1.29 is 9.72 Å². The highest BCUT2D eigenvalue weighted by atomic mass is 16.6. The number of nitrogens with zero attached hydrogens (tertiary/aromatic N) is 2. The average molecular weight is 340 g/mol. The number of nitro groups is 1. The van der Waals surface area contributed by atoms with Crippen LogP contribution < -0.4 is 15.5 Å². The fourth-order valence-electron chi connectivity index (χ4n) is 3.10. The molecule has 3 rings (SSSR count). The van der Waals surface area contributed by atoms with Crippen molar-refractivity contribution in [3.8, 4) is 0 Å². The van der Waals surface area contributed by atoms with Crippen molar-refractivity contribution in [1.29, 1.82) is 0 Å². The summed E-state index contributed by atoms with van der Waals surface area (Å²) < 4.78 is 0. The molecule has 130 valence electrons. The number of fused-ring (bicyclic) bond motifs is 1. The van der Waals surface area contributed by atoms with Crippen molar-refractivity contribution in [1.82, 2.24) is 0 Å². The summed E-state index contributed by atoms with van der Waals surface area (Å²) in [6, 6.07) is 10.0. The third-order valence-corrected chi connectivity index (χ3v) is 4.44. The summed E-state index contributed by atoms with van der Waals surface area (Å²) in [5, 5.41) is 16.7. The molecule has 7 heteroatoms. The largest absolute Gasteiger partial charge is 0.387 e. The van der Waals surface area contributed by atoms with Gasteiger partial charge in [-0.1, -0.05) is 6.07 Å². The molecule has 0 aliphatic carbocycles. The summed E-state index contributed by atoms with van der Waals surface area (Å²) in [6.45, 7) is 4.00. The lowest BCUT2D eigenvalue weighted by Crippen LogP contribution is -2.19. The number of nitrogens with one attached hydrogen (secondary N) is 2. The highest BCUT2D eigenvalue weighted by Crippen LogP contribution is 2.31. The molecule has 0 spiro atoms. The Morgan fingerprint density at radius 1 is 1.28 bits per heavy atom. The Kier molecular flexibility index (Phi) is 4.56. The molecule has 25 heavy (non-hydrogen) atoms. The normalized spacial score (nSPS) is 12.6. The van der Waals surface area contributed by atoms with E-state index in [1.165, 1.54) is 23.8 Å². The lowest BCUT2D eigenvalue weighted by molar-refractivity contribution is -0.384. The molecule has 0 bridgehead atoms. The van der Waals surface area contributed by atoms with Gasteiger partial charge in [0.1, 0.15) is 0 Å². The van der Waals surface area contributed by atoms with E-state index in [1.54, 1.807) is 7.05 Å². The van der Waals surface area contributed by atoms with Gasteiger partial charge in [-0.25, -0.2) is 0 Å². The molecule has 1 amide bonds. The van der Waals surface area contributed by atoms with E-state index >= 15 is 0 Å². The maximum absolute atomic E-state index is 12.6. The predicted molar refractivity (Wildman–Crippen MR) is 98.6 cm³/mol. The first-order chi connectivity index (χ1) is 12.0. The fraction of sp³-hybridized carbons (Fsp3) is 0.278. The molecule has 0 fully saturated rings. The lowest BCUT2D eigenvalue weighted by Gasteiger charge is -2.17. The van der Waals surface area contributed by atoms with Gasteiger partial charge in [0.2, 0.25) is 0 Å². The minimum Gasteiger partial charge on any atom is -0.387 e. The zero-order valence-corrected chi connectivity index (χ0v) is 14.2. The summed E-state index contributed by atoms with van der Waals surface area (Å²) in [5.41, 5.74) is 3.75. The van der Waals surface area contributed by atoms with Crippen molar-refractivity contribution in [3.05, 3.63) is 57.6 Å². The van der Waals surface area contributed by atoms with Crippen LogP contribution in [0.3, 0.4) is 0 Å². The van der Waals surface area contributed by atoms with Crippen molar-refractivity contribution in [3.63, 3.8) is 0 Å². The SMILES string of the molecule is CCN1CCc2ccc(NC(=O)c3cc([N+](=O)[O-])ccc3NC)cc21. The molecule has 0 atom stereocenters. The molecule has 1 aliphatic heterocycles. The maximum Gasteiger partial charge on any atom is 0.270 e. The van der Waals surface area contributed by atoms with E-state index in [9.17, 15) is 14.9 Å². The van der Waals surface area contributed by atoms with Gasteiger partial charge in [-0.05, 0) is 37.1 Å². The number of rotatable bonds is 5. The van der Waals surface area contributed by atoms with Gasteiger partial charge in [0, 0.05) is 49.3 Å². The van der Waals surface area contributed by atoms with Crippen LogP contribution in [0.2, 0.25) is 0 Å². The zero-order chi connectivity index (χ0) is 18.0. The molecule has 2 aromatic rings. The van der Waals surface area contributed by atoms with Crippen LogP contribution in [0, 0.1) is 10.1 Å². The van der Waals surface area contributed by atoms with Gasteiger partial charge in [-0.15, -0.1) is 0 Å². The predicted octanol–water partition coefficient (Wildman–Crippen LogP) is 3.27. The van der Waals surface area contributed by atoms with Gasteiger partial charge >= 0.3 is 0 Å². The third-order valence-electron chi connectivity index (χ3n) is 4.44. The van der Waals surface area contributed by atoms with Crippen LogP contribution in [0.4, 0.5) is 22.7 Å². The number of carbonyl (C=O) groups excluding carboxylic acids is 1. The Hall–Kier alpha value is -3.09. The Balaban J connectivity index is 1.88. The van der Waals surface area contributed by atoms with Gasteiger partial charge in [0.05, 0.1) is 10.5 Å². The van der Waals surface area contributed by atoms with Crippen LogP contribution in [0.15, 0.2) is 36.4 Å². The molecule has 2 aromatic carbocycles. The second kappa shape index (κ2) is 6.80.